The second kappa shape index (κ2) is 9.68. The molecule has 0 aromatic heterocycles. The zero-order valence-corrected chi connectivity index (χ0v) is 15.9. The third-order valence-electron chi connectivity index (χ3n) is 4.36. The average molecular weight is 381 g/mol. The van der Waals surface area contributed by atoms with Crippen molar-refractivity contribution in [2.24, 2.45) is 5.92 Å². The topological polar surface area (TPSA) is 95.6 Å². The number of benzene rings is 1. The first kappa shape index (κ1) is 20.4. The quantitative estimate of drug-likeness (QED) is 0.656. The fraction of sp³-hybridized carbons (Fsp3) is 0.556. The molecule has 1 heterocycles. The van der Waals surface area contributed by atoms with Gasteiger partial charge in [0.15, 0.2) is 0 Å². The van der Waals surface area contributed by atoms with Crippen molar-refractivity contribution in [3.05, 3.63) is 35.9 Å². The summed E-state index contributed by atoms with van der Waals surface area (Å²) in [5.41, 5.74) is 0.572. The highest BCUT2D eigenvalue weighted by Crippen LogP contribution is 2.20. The molecule has 1 aliphatic heterocycles. The molecule has 2 amide bonds. The smallest absolute Gasteiger partial charge is 0.251 e. The minimum atomic E-state index is -3.27. The Kier molecular flexibility index (Phi) is 7.59. The standard InChI is InChI=1S/C18H27N3O4S/c1-2-13-26(24,25)21-12-6-9-16(14-21)18(23)20-11-10-19-17(22)15-7-4-3-5-8-15/h3-5,7-8,16H,2,6,9-14H2,1H3,(H,19,22)(H,20,23)/t16-/m0/s1. The Morgan fingerprint density at radius 1 is 1.15 bits per heavy atom. The summed E-state index contributed by atoms with van der Waals surface area (Å²) in [6.07, 6.45) is 1.93. The van der Waals surface area contributed by atoms with Crippen LogP contribution in [0.25, 0.3) is 0 Å². The summed E-state index contributed by atoms with van der Waals surface area (Å²) in [7, 11) is -3.27. The molecular formula is C18H27N3O4S. The molecule has 0 bridgehead atoms. The van der Waals surface area contributed by atoms with Gasteiger partial charge in [-0.05, 0) is 31.4 Å². The minimum Gasteiger partial charge on any atom is -0.354 e. The van der Waals surface area contributed by atoms with E-state index < -0.39 is 10.0 Å². The molecule has 1 atom stereocenters. The average Bonchev–Trinajstić information content (AvgIpc) is 2.65. The van der Waals surface area contributed by atoms with Gasteiger partial charge in [-0.1, -0.05) is 25.1 Å². The van der Waals surface area contributed by atoms with Gasteiger partial charge < -0.3 is 10.6 Å². The summed E-state index contributed by atoms with van der Waals surface area (Å²) < 4.78 is 25.8. The summed E-state index contributed by atoms with van der Waals surface area (Å²) in [6.45, 7) is 3.19. The van der Waals surface area contributed by atoms with Crippen LogP contribution >= 0.6 is 0 Å². The number of piperidine rings is 1. The number of rotatable bonds is 8. The molecule has 0 radical (unpaired) electrons. The normalized spacial score (nSPS) is 18.3. The molecule has 0 spiro atoms. The van der Waals surface area contributed by atoms with Crippen LogP contribution in [0.3, 0.4) is 0 Å². The lowest BCUT2D eigenvalue weighted by molar-refractivity contribution is -0.126. The van der Waals surface area contributed by atoms with Crippen molar-refractivity contribution >= 4 is 21.8 Å². The van der Waals surface area contributed by atoms with Gasteiger partial charge in [0.1, 0.15) is 0 Å². The van der Waals surface area contributed by atoms with Crippen molar-refractivity contribution < 1.29 is 18.0 Å². The zero-order chi connectivity index (χ0) is 19.0. The summed E-state index contributed by atoms with van der Waals surface area (Å²) in [6, 6.07) is 8.87. The number of sulfonamides is 1. The van der Waals surface area contributed by atoms with Crippen LogP contribution in [-0.2, 0) is 14.8 Å². The Morgan fingerprint density at radius 3 is 2.54 bits per heavy atom. The van der Waals surface area contributed by atoms with Crippen LogP contribution in [0.15, 0.2) is 30.3 Å². The number of amides is 2. The van der Waals surface area contributed by atoms with Crippen molar-refractivity contribution in [3.63, 3.8) is 0 Å². The van der Waals surface area contributed by atoms with E-state index in [0.29, 0.717) is 44.5 Å². The van der Waals surface area contributed by atoms with Crippen LogP contribution in [0.5, 0.6) is 0 Å². The Bertz CT molecular complexity index is 706. The highest BCUT2D eigenvalue weighted by molar-refractivity contribution is 7.89. The number of carbonyl (C=O) groups excluding carboxylic acids is 2. The van der Waals surface area contributed by atoms with Gasteiger partial charge in [-0.25, -0.2) is 12.7 Å². The van der Waals surface area contributed by atoms with Crippen LogP contribution in [0.2, 0.25) is 0 Å². The van der Waals surface area contributed by atoms with Gasteiger partial charge in [0.25, 0.3) is 5.91 Å². The minimum absolute atomic E-state index is 0.118. The Balaban J connectivity index is 1.74. The lowest BCUT2D eigenvalue weighted by Crippen LogP contribution is -2.47. The molecule has 7 nitrogen and oxygen atoms in total. The first-order chi connectivity index (χ1) is 12.4. The lowest BCUT2D eigenvalue weighted by atomic mass is 9.99. The monoisotopic (exact) mass is 381 g/mol. The van der Waals surface area contributed by atoms with E-state index in [1.54, 1.807) is 24.3 Å². The van der Waals surface area contributed by atoms with Gasteiger partial charge in [-0.15, -0.1) is 0 Å². The van der Waals surface area contributed by atoms with Gasteiger partial charge in [-0.3, -0.25) is 9.59 Å². The van der Waals surface area contributed by atoms with Crippen molar-refractivity contribution in [1.29, 1.82) is 0 Å². The number of nitrogens with one attached hydrogen (secondary N) is 2. The number of carbonyl (C=O) groups is 2. The van der Waals surface area contributed by atoms with Crippen LogP contribution in [0.4, 0.5) is 0 Å². The van der Waals surface area contributed by atoms with Crippen molar-refractivity contribution in [3.8, 4) is 0 Å². The number of hydrogen-bond donors (Lipinski definition) is 2. The predicted molar refractivity (Wildman–Crippen MR) is 100 cm³/mol. The second-order valence-electron chi connectivity index (χ2n) is 6.43. The summed E-state index contributed by atoms with van der Waals surface area (Å²) in [4.78, 5) is 24.2. The maximum atomic E-state index is 12.3. The van der Waals surface area contributed by atoms with Crippen molar-refractivity contribution in [2.45, 2.75) is 26.2 Å². The van der Waals surface area contributed by atoms with E-state index in [9.17, 15) is 18.0 Å². The molecule has 2 rings (SSSR count). The van der Waals surface area contributed by atoms with E-state index in [1.807, 2.05) is 13.0 Å². The van der Waals surface area contributed by atoms with E-state index in [0.717, 1.165) is 0 Å². The van der Waals surface area contributed by atoms with E-state index in [4.69, 9.17) is 0 Å². The van der Waals surface area contributed by atoms with Gasteiger partial charge in [-0.2, -0.15) is 0 Å². The van der Waals surface area contributed by atoms with Crippen molar-refractivity contribution in [1.82, 2.24) is 14.9 Å². The first-order valence-corrected chi connectivity index (χ1v) is 10.6. The second-order valence-corrected chi connectivity index (χ2v) is 8.51. The largest absolute Gasteiger partial charge is 0.354 e. The maximum absolute atomic E-state index is 12.3. The van der Waals surface area contributed by atoms with Crippen LogP contribution in [0, 0.1) is 5.92 Å². The van der Waals surface area contributed by atoms with E-state index in [2.05, 4.69) is 10.6 Å². The molecule has 1 aliphatic rings. The SMILES string of the molecule is CCCS(=O)(=O)N1CCC[C@H](C(=O)NCCNC(=O)c2ccccc2)C1. The van der Waals surface area contributed by atoms with Gasteiger partial charge in [0.2, 0.25) is 15.9 Å². The third kappa shape index (κ3) is 5.81. The molecule has 26 heavy (non-hydrogen) atoms. The summed E-state index contributed by atoms with van der Waals surface area (Å²) in [5, 5.41) is 5.54. The van der Waals surface area contributed by atoms with E-state index in [-0.39, 0.29) is 30.0 Å². The molecule has 144 valence electrons. The Labute approximate surface area is 155 Å². The molecule has 0 aliphatic carbocycles. The Hall–Kier alpha value is -1.93. The molecule has 1 saturated heterocycles. The molecule has 1 aromatic rings. The highest BCUT2D eigenvalue weighted by atomic mass is 32.2. The summed E-state index contributed by atoms with van der Waals surface area (Å²) in [5.74, 6) is -0.558. The van der Waals surface area contributed by atoms with Crippen LogP contribution in [-0.4, -0.2) is 56.5 Å². The molecule has 1 fully saturated rings. The highest BCUT2D eigenvalue weighted by Gasteiger charge is 2.31. The maximum Gasteiger partial charge on any atom is 0.251 e. The van der Waals surface area contributed by atoms with Gasteiger partial charge >= 0.3 is 0 Å². The van der Waals surface area contributed by atoms with Crippen molar-refractivity contribution in [2.75, 3.05) is 31.9 Å². The number of nitrogens with zero attached hydrogens (tertiary/aromatic N) is 1. The predicted octanol–water partition coefficient (Wildman–Crippen LogP) is 0.984. The first-order valence-electron chi connectivity index (χ1n) is 9.03. The molecule has 8 heteroatoms. The molecule has 0 unspecified atom stereocenters. The van der Waals surface area contributed by atoms with Gasteiger partial charge in [0.05, 0.1) is 11.7 Å². The lowest BCUT2D eigenvalue weighted by Gasteiger charge is -2.31. The fourth-order valence-electron chi connectivity index (χ4n) is 2.99. The molecular weight excluding hydrogens is 354 g/mol. The summed E-state index contributed by atoms with van der Waals surface area (Å²) >= 11 is 0. The zero-order valence-electron chi connectivity index (χ0n) is 15.1. The third-order valence-corrected chi connectivity index (χ3v) is 6.40. The molecule has 2 N–H and O–H groups in total. The van der Waals surface area contributed by atoms with E-state index >= 15 is 0 Å². The van der Waals surface area contributed by atoms with Crippen LogP contribution < -0.4 is 10.6 Å². The molecule has 0 saturated carbocycles. The molecule has 1 aromatic carbocycles. The van der Waals surface area contributed by atoms with Crippen LogP contribution in [0.1, 0.15) is 36.5 Å². The number of hydrogen-bond acceptors (Lipinski definition) is 4. The van der Waals surface area contributed by atoms with Gasteiger partial charge in [0, 0.05) is 31.7 Å². The Morgan fingerprint density at radius 2 is 1.85 bits per heavy atom. The fourth-order valence-corrected chi connectivity index (χ4v) is 4.58. The van der Waals surface area contributed by atoms with E-state index in [1.165, 1.54) is 4.31 Å².